The Bertz CT molecular complexity index is 358. The maximum Gasteiger partial charge on any atom is 0.269 e. The summed E-state index contributed by atoms with van der Waals surface area (Å²) in [6.07, 6.45) is 1.51. The summed E-state index contributed by atoms with van der Waals surface area (Å²) in [6, 6.07) is 3.17. The summed E-state index contributed by atoms with van der Waals surface area (Å²) in [7, 11) is 1.64. The zero-order valence-corrected chi connectivity index (χ0v) is 10.1. The van der Waals surface area contributed by atoms with Crippen molar-refractivity contribution in [3.8, 4) is 0 Å². The average molecular weight is 243 g/mol. The van der Waals surface area contributed by atoms with E-state index >= 15 is 0 Å². The van der Waals surface area contributed by atoms with Crippen LogP contribution in [0.3, 0.4) is 0 Å². The number of carbonyl (C=O) groups is 1. The summed E-state index contributed by atoms with van der Waals surface area (Å²) in [4.78, 5) is 15.6. The Hall–Kier alpha value is -1.13. The molecule has 0 saturated carbocycles. The van der Waals surface area contributed by atoms with Gasteiger partial charge < -0.3 is 10.1 Å². The van der Waals surface area contributed by atoms with Gasteiger partial charge in [-0.1, -0.05) is 18.5 Å². The van der Waals surface area contributed by atoms with Crippen molar-refractivity contribution < 1.29 is 9.53 Å². The maximum atomic E-state index is 11.6. The van der Waals surface area contributed by atoms with Gasteiger partial charge in [-0.15, -0.1) is 0 Å². The number of amides is 1. The second-order valence-corrected chi connectivity index (χ2v) is 4.07. The van der Waals surface area contributed by atoms with Crippen LogP contribution in [-0.4, -0.2) is 31.2 Å². The maximum absolute atomic E-state index is 11.6. The number of nitrogens with one attached hydrogen (secondary N) is 1. The Morgan fingerprint density at radius 3 is 3.06 bits per heavy atom. The van der Waals surface area contributed by atoms with Gasteiger partial charge in [-0.25, -0.2) is 0 Å². The molecule has 1 atom stereocenters. The fourth-order valence-corrected chi connectivity index (χ4v) is 1.39. The summed E-state index contributed by atoms with van der Waals surface area (Å²) in [6.45, 7) is 3.17. The van der Waals surface area contributed by atoms with Crippen molar-refractivity contribution in [2.24, 2.45) is 5.92 Å². The number of hydrogen-bond acceptors (Lipinski definition) is 3. The quantitative estimate of drug-likeness (QED) is 0.856. The van der Waals surface area contributed by atoms with Crippen molar-refractivity contribution in [2.75, 3.05) is 20.3 Å². The first kappa shape index (κ1) is 12.9. The summed E-state index contributed by atoms with van der Waals surface area (Å²) in [5.74, 6) is 0.0542. The van der Waals surface area contributed by atoms with Crippen LogP contribution < -0.4 is 5.32 Å². The topological polar surface area (TPSA) is 51.2 Å². The van der Waals surface area contributed by atoms with E-state index in [-0.39, 0.29) is 11.8 Å². The van der Waals surface area contributed by atoms with E-state index in [1.807, 2.05) is 6.92 Å². The van der Waals surface area contributed by atoms with Gasteiger partial charge in [0, 0.05) is 24.9 Å². The first-order valence-electron chi connectivity index (χ1n) is 5.02. The standard InChI is InChI=1S/C11H15ClN2O2/c1-8(7-16-2)6-14-11(15)10-5-9(12)3-4-13-10/h3-5,8H,6-7H2,1-2H3,(H,14,15). The number of halogens is 1. The highest BCUT2D eigenvalue weighted by atomic mass is 35.5. The molecule has 0 aliphatic carbocycles. The minimum atomic E-state index is -0.217. The zero-order valence-electron chi connectivity index (χ0n) is 9.37. The van der Waals surface area contributed by atoms with Crippen LogP contribution in [0.1, 0.15) is 17.4 Å². The molecule has 1 amide bonds. The lowest BCUT2D eigenvalue weighted by Gasteiger charge is -2.11. The number of hydrogen-bond donors (Lipinski definition) is 1. The Morgan fingerprint density at radius 1 is 1.69 bits per heavy atom. The van der Waals surface area contributed by atoms with Crippen molar-refractivity contribution in [3.63, 3.8) is 0 Å². The van der Waals surface area contributed by atoms with Crippen LogP contribution in [0.4, 0.5) is 0 Å². The molecule has 0 fully saturated rings. The van der Waals surface area contributed by atoms with Crippen LogP contribution in [0.5, 0.6) is 0 Å². The minimum absolute atomic E-state index is 0.217. The molecule has 1 heterocycles. The first-order valence-corrected chi connectivity index (χ1v) is 5.40. The van der Waals surface area contributed by atoms with Gasteiger partial charge in [-0.2, -0.15) is 0 Å². The predicted molar refractivity (Wildman–Crippen MR) is 62.6 cm³/mol. The fraction of sp³-hybridized carbons (Fsp3) is 0.455. The van der Waals surface area contributed by atoms with E-state index in [0.29, 0.717) is 23.9 Å². The molecule has 0 aliphatic rings. The van der Waals surface area contributed by atoms with Crippen molar-refractivity contribution in [2.45, 2.75) is 6.92 Å². The van der Waals surface area contributed by atoms with E-state index in [4.69, 9.17) is 16.3 Å². The molecule has 0 aromatic carbocycles. The second kappa shape index (κ2) is 6.45. The van der Waals surface area contributed by atoms with Crippen LogP contribution in [0, 0.1) is 5.92 Å². The number of carbonyl (C=O) groups excluding carboxylic acids is 1. The van der Waals surface area contributed by atoms with Gasteiger partial charge in [0.05, 0.1) is 6.61 Å². The van der Waals surface area contributed by atoms with Gasteiger partial charge in [0.1, 0.15) is 5.69 Å². The van der Waals surface area contributed by atoms with Crippen LogP contribution in [-0.2, 0) is 4.74 Å². The van der Waals surface area contributed by atoms with E-state index in [1.165, 1.54) is 12.3 Å². The highest BCUT2D eigenvalue weighted by molar-refractivity contribution is 6.30. The smallest absolute Gasteiger partial charge is 0.269 e. The fourth-order valence-electron chi connectivity index (χ4n) is 1.23. The van der Waals surface area contributed by atoms with Gasteiger partial charge in [-0.05, 0) is 18.1 Å². The molecule has 0 radical (unpaired) electrons. The normalized spacial score (nSPS) is 12.2. The molecule has 88 valence electrons. The van der Waals surface area contributed by atoms with Crippen LogP contribution in [0.2, 0.25) is 5.02 Å². The first-order chi connectivity index (χ1) is 7.63. The predicted octanol–water partition coefficient (Wildman–Crippen LogP) is 1.75. The lowest BCUT2D eigenvalue weighted by Crippen LogP contribution is -2.30. The van der Waals surface area contributed by atoms with E-state index < -0.39 is 0 Å². The number of methoxy groups -OCH3 is 1. The third-order valence-corrected chi connectivity index (χ3v) is 2.25. The molecule has 0 aliphatic heterocycles. The summed E-state index contributed by atoms with van der Waals surface area (Å²) in [5.41, 5.74) is 0.331. The van der Waals surface area contributed by atoms with Crippen LogP contribution in [0.25, 0.3) is 0 Å². The van der Waals surface area contributed by atoms with Crippen molar-refractivity contribution in [1.29, 1.82) is 0 Å². The number of rotatable bonds is 5. The summed E-state index contributed by atoms with van der Waals surface area (Å²) < 4.78 is 4.97. The molecule has 1 unspecified atom stereocenters. The van der Waals surface area contributed by atoms with E-state index in [9.17, 15) is 4.79 Å². The molecule has 0 saturated heterocycles. The molecule has 1 aromatic heterocycles. The molecule has 0 bridgehead atoms. The van der Waals surface area contributed by atoms with E-state index in [2.05, 4.69) is 10.3 Å². The SMILES string of the molecule is COCC(C)CNC(=O)c1cc(Cl)ccn1. The van der Waals surface area contributed by atoms with Crippen LogP contribution >= 0.6 is 11.6 Å². The van der Waals surface area contributed by atoms with Gasteiger partial charge in [0.25, 0.3) is 5.91 Å². The lowest BCUT2D eigenvalue weighted by atomic mass is 10.2. The van der Waals surface area contributed by atoms with Crippen molar-refractivity contribution >= 4 is 17.5 Å². The van der Waals surface area contributed by atoms with Crippen molar-refractivity contribution in [1.82, 2.24) is 10.3 Å². The highest BCUT2D eigenvalue weighted by Crippen LogP contribution is 2.07. The molecule has 1 aromatic rings. The third-order valence-electron chi connectivity index (χ3n) is 2.02. The molecule has 4 nitrogen and oxygen atoms in total. The Balaban J connectivity index is 2.47. The van der Waals surface area contributed by atoms with Gasteiger partial charge in [-0.3, -0.25) is 9.78 Å². The van der Waals surface area contributed by atoms with E-state index in [1.54, 1.807) is 13.2 Å². The summed E-state index contributed by atoms with van der Waals surface area (Å²) in [5, 5.41) is 3.28. The molecule has 16 heavy (non-hydrogen) atoms. The molecule has 1 N–H and O–H groups in total. The number of aromatic nitrogens is 1. The van der Waals surface area contributed by atoms with Gasteiger partial charge in [0.15, 0.2) is 0 Å². The number of pyridine rings is 1. The second-order valence-electron chi connectivity index (χ2n) is 3.63. The zero-order chi connectivity index (χ0) is 12.0. The minimum Gasteiger partial charge on any atom is -0.384 e. The van der Waals surface area contributed by atoms with Gasteiger partial charge in [0.2, 0.25) is 0 Å². The molecular weight excluding hydrogens is 228 g/mol. The average Bonchev–Trinajstić information content (AvgIpc) is 2.26. The molecule has 0 spiro atoms. The molecular formula is C11H15ClN2O2. The third kappa shape index (κ3) is 4.16. The highest BCUT2D eigenvalue weighted by Gasteiger charge is 2.09. The monoisotopic (exact) mass is 242 g/mol. The number of ether oxygens (including phenoxy) is 1. The Morgan fingerprint density at radius 2 is 2.44 bits per heavy atom. The van der Waals surface area contributed by atoms with Gasteiger partial charge >= 0.3 is 0 Å². The Labute approximate surface area is 100.0 Å². The number of nitrogens with zero attached hydrogens (tertiary/aromatic N) is 1. The molecule has 1 rings (SSSR count). The summed E-state index contributed by atoms with van der Waals surface area (Å²) >= 11 is 5.76. The largest absolute Gasteiger partial charge is 0.384 e. The lowest BCUT2D eigenvalue weighted by molar-refractivity contribution is 0.0929. The Kier molecular flexibility index (Phi) is 5.22. The van der Waals surface area contributed by atoms with Crippen LogP contribution in [0.15, 0.2) is 18.3 Å². The van der Waals surface area contributed by atoms with Crippen molar-refractivity contribution in [3.05, 3.63) is 29.0 Å². The van der Waals surface area contributed by atoms with E-state index in [0.717, 1.165) is 0 Å². The molecule has 5 heteroatoms.